The van der Waals surface area contributed by atoms with Gasteiger partial charge < -0.3 is 10.6 Å². The molecular weight excluding hydrogens is 198 g/mol. The molecule has 0 aromatic rings. The minimum absolute atomic E-state index is 0.462. The summed E-state index contributed by atoms with van der Waals surface area (Å²) in [6, 6.07) is 1.27. The van der Waals surface area contributed by atoms with Crippen LogP contribution in [0.5, 0.6) is 0 Å². The van der Waals surface area contributed by atoms with Gasteiger partial charge in [-0.1, -0.05) is 13.8 Å². The van der Waals surface area contributed by atoms with Gasteiger partial charge in [-0.15, -0.1) is 0 Å². The quantitative estimate of drug-likeness (QED) is 0.782. The third-order valence-corrected chi connectivity index (χ3v) is 3.96. The Bertz CT molecular complexity index is 209. The monoisotopic (exact) mass is 225 g/mol. The molecule has 3 nitrogen and oxygen atoms in total. The summed E-state index contributed by atoms with van der Waals surface area (Å²) in [6.45, 7) is 10.9. The Morgan fingerprint density at radius 1 is 1.12 bits per heavy atom. The fourth-order valence-corrected chi connectivity index (χ4v) is 3.08. The molecule has 2 fully saturated rings. The zero-order valence-electron chi connectivity index (χ0n) is 10.9. The maximum Gasteiger partial charge on any atom is 0.0235 e. The van der Waals surface area contributed by atoms with E-state index in [9.17, 15) is 0 Å². The third kappa shape index (κ3) is 3.19. The van der Waals surface area contributed by atoms with Gasteiger partial charge in [-0.05, 0) is 44.8 Å². The van der Waals surface area contributed by atoms with Crippen molar-refractivity contribution in [1.29, 1.82) is 0 Å². The van der Waals surface area contributed by atoms with Crippen molar-refractivity contribution in [2.45, 2.75) is 45.2 Å². The van der Waals surface area contributed by atoms with Crippen LogP contribution in [0.2, 0.25) is 0 Å². The van der Waals surface area contributed by atoms with Crippen LogP contribution in [0, 0.1) is 5.92 Å². The summed E-state index contributed by atoms with van der Waals surface area (Å²) in [4.78, 5) is 5.30. The van der Waals surface area contributed by atoms with Crippen molar-refractivity contribution in [3.8, 4) is 0 Å². The van der Waals surface area contributed by atoms with Gasteiger partial charge >= 0.3 is 0 Å². The second kappa shape index (κ2) is 5.48. The van der Waals surface area contributed by atoms with Crippen molar-refractivity contribution in [2.75, 3.05) is 32.7 Å². The van der Waals surface area contributed by atoms with Gasteiger partial charge in [0.05, 0.1) is 0 Å². The molecule has 2 rings (SSSR count). The molecule has 1 unspecified atom stereocenters. The van der Waals surface area contributed by atoms with Gasteiger partial charge in [0.25, 0.3) is 0 Å². The molecule has 0 bridgehead atoms. The van der Waals surface area contributed by atoms with Gasteiger partial charge in [-0.2, -0.15) is 0 Å². The van der Waals surface area contributed by atoms with E-state index in [2.05, 4.69) is 23.6 Å². The van der Waals surface area contributed by atoms with Crippen LogP contribution in [0.4, 0.5) is 0 Å². The van der Waals surface area contributed by atoms with Crippen LogP contribution >= 0.6 is 0 Å². The molecule has 0 aromatic carbocycles. The highest BCUT2D eigenvalue weighted by Crippen LogP contribution is 2.20. The Kier molecular flexibility index (Phi) is 4.22. The Labute approximate surface area is 100.0 Å². The third-order valence-electron chi connectivity index (χ3n) is 3.96. The number of rotatable bonds is 3. The van der Waals surface area contributed by atoms with Crippen molar-refractivity contribution in [3.05, 3.63) is 0 Å². The average molecular weight is 225 g/mol. The van der Waals surface area contributed by atoms with Crippen molar-refractivity contribution in [2.24, 2.45) is 11.7 Å². The standard InChI is InChI=1S/C13H27N3/c1-11(2)9-15-6-5-13(10-15)16-7-3-12(14)4-8-16/h11-13H,3-10,14H2,1-2H3. The van der Waals surface area contributed by atoms with Crippen molar-refractivity contribution in [1.82, 2.24) is 9.80 Å². The largest absolute Gasteiger partial charge is 0.328 e. The molecule has 2 heterocycles. The maximum atomic E-state index is 5.95. The maximum absolute atomic E-state index is 5.95. The van der Waals surface area contributed by atoms with Crippen LogP contribution in [-0.2, 0) is 0 Å². The summed E-state index contributed by atoms with van der Waals surface area (Å²) in [5, 5.41) is 0. The molecule has 0 amide bonds. The number of piperidine rings is 1. The smallest absolute Gasteiger partial charge is 0.0235 e. The number of hydrogen-bond acceptors (Lipinski definition) is 3. The van der Waals surface area contributed by atoms with Gasteiger partial charge in [0.2, 0.25) is 0 Å². The van der Waals surface area contributed by atoms with Crippen molar-refractivity contribution in [3.63, 3.8) is 0 Å². The van der Waals surface area contributed by atoms with Crippen molar-refractivity contribution >= 4 is 0 Å². The number of nitrogens with two attached hydrogens (primary N) is 1. The van der Waals surface area contributed by atoms with E-state index < -0.39 is 0 Å². The number of hydrogen-bond donors (Lipinski definition) is 1. The summed E-state index contributed by atoms with van der Waals surface area (Å²) in [6.07, 6.45) is 3.75. The predicted molar refractivity (Wildman–Crippen MR) is 68.5 cm³/mol. The summed E-state index contributed by atoms with van der Waals surface area (Å²) in [5.74, 6) is 0.800. The molecule has 0 spiro atoms. The van der Waals surface area contributed by atoms with Crippen LogP contribution in [-0.4, -0.2) is 54.6 Å². The molecule has 2 saturated heterocycles. The highest BCUT2D eigenvalue weighted by Gasteiger charge is 2.29. The van der Waals surface area contributed by atoms with E-state index in [1.54, 1.807) is 0 Å². The lowest BCUT2D eigenvalue weighted by molar-refractivity contribution is 0.150. The summed E-state index contributed by atoms with van der Waals surface area (Å²) in [7, 11) is 0. The fourth-order valence-electron chi connectivity index (χ4n) is 3.08. The normalized spacial score (nSPS) is 30.4. The first-order chi connectivity index (χ1) is 7.65. The van der Waals surface area contributed by atoms with Gasteiger partial charge in [0.15, 0.2) is 0 Å². The summed E-state index contributed by atoms with van der Waals surface area (Å²) < 4.78 is 0. The molecule has 2 N–H and O–H groups in total. The highest BCUT2D eigenvalue weighted by atomic mass is 15.3. The van der Waals surface area contributed by atoms with Gasteiger partial charge in [0.1, 0.15) is 0 Å². The fraction of sp³-hybridized carbons (Fsp3) is 1.00. The second-order valence-electron chi connectivity index (χ2n) is 5.97. The Balaban J connectivity index is 1.75. The highest BCUT2D eigenvalue weighted by molar-refractivity contribution is 4.86. The molecule has 0 aromatic heterocycles. The Morgan fingerprint density at radius 2 is 1.81 bits per heavy atom. The van der Waals surface area contributed by atoms with Crippen LogP contribution in [0.3, 0.4) is 0 Å². The van der Waals surface area contributed by atoms with Crippen LogP contribution in [0.25, 0.3) is 0 Å². The lowest BCUT2D eigenvalue weighted by Gasteiger charge is -2.34. The van der Waals surface area contributed by atoms with E-state index in [-0.39, 0.29) is 0 Å². The summed E-state index contributed by atoms with van der Waals surface area (Å²) >= 11 is 0. The number of likely N-dealkylation sites (tertiary alicyclic amines) is 2. The molecule has 0 aliphatic carbocycles. The molecule has 94 valence electrons. The van der Waals surface area contributed by atoms with Gasteiger partial charge in [0, 0.05) is 25.2 Å². The SMILES string of the molecule is CC(C)CN1CCC(N2CCC(N)CC2)C1. The van der Waals surface area contributed by atoms with E-state index in [1.165, 1.54) is 52.0 Å². The molecule has 16 heavy (non-hydrogen) atoms. The van der Waals surface area contributed by atoms with Crippen LogP contribution in [0.1, 0.15) is 33.1 Å². The molecular formula is C13H27N3. The van der Waals surface area contributed by atoms with E-state index in [4.69, 9.17) is 5.73 Å². The molecule has 2 aliphatic rings. The van der Waals surface area contributed by atoms with Gasteiger partial charge in [-0.25, -0.2) is 0 Å². The first-order valence-corrected chi connectivity index (χ1v) is 6.87. The van der Waals surface area contributed by atoms with Crippen molar-refractivity contribution < 1.29 is 0 Å². The van der Waals surface area contributed by atoms with Crippen LogP contribution in [0.15, 0.2) is 0 Å². The summed E-state index contributed by atoms with van der Waals surface area (Å²) in [5.41, 5.74) is 5.95. The lowest BCUT2D eigenvalue weighted by Crippen LogP contribution is -2.46. The molecule has 2 aliphatic heterocycles. The predicted octanol–water partition coefficient (Wildman–Crippen LogP) is 1.14. The second-order valence-corrected chi connectivity index (χ2v) is 5.97. The zero-order valence-corrected chi connectivity index (χ0v) is 10.9. The van der Waals surface area contributed by atoms with Gasteiger partial charge in [-0.3, -0.25) is 4.90 Å². The molecule has 0 radical (unpaired) electrons. The Hall–Kier alpha value is -0.120. The van der Waals surface area contributed by atoms with E-state index in [1.807, 2.05) is 0 Å². The Morgan fingerprint density at radius 3 is 2.44 bits per heavy atom. The topological polar surface area (TPSA) is 32.5 Å². The van der Waals surface area contributed by atoms with E-state index >= 15 is 0 Å². The number of nitrogens with zero attached hydrogens (tertiary/aromatic N) is 2. The first kappa shape index (κ1) is 12.3. The average Bonchev–Trinajstić information content (AvgIpc) is 2.66. The molecule has 0 saturated carbocycles. The first-order valence-electron chi connectivity index (χ1n) is 6.87. The minimum atomic E-state index is 0.462. The zero-order chi connectivity index (χ0) is 11.5. The minimum Gasteiger partial charge on any atom is -0.328 e. The van der Waals surface area contributed by atoms with E-state index in [0.717, 1.165) is 12.0 Å². The lowest BCUT2D eigenvalue weighted by atomic mass is 10.0. The molecule has 3 heteroatoms. The van der Waals surface area contributed by atoms with E-state index in [0.29, 0.717) is 6.04 Å². The van der Waals surface area contributed by atoms with Crippen LogP contribution < -0.4 is 5.73 Å². The molecule has 1 atom stereocenters.